The normalized spacial score (nSPS) is 14.4. The van der Waals surface area contributed by atoms with Gasteiger partial charge in [0.25, 0.3) is 0 Å². The Kier molecular flexibility index (Phi) is 18.1. The fourth-order valence-corrected chi connectivity index (χ4v) is 4.99. The van der Waals surface area contributed by atoms with Gasteiger partial charge in [-0.05, 0) is 25.7 Å². The van der Waals surface area contributed by atoms with Crippen LogP contribution >= 0.6 is 0 Å². The first kappa shape index (κ1) is 35.5. The first-order valence-electron chi connectivity index (χ1n) is 15.9. The van der Waals surface area contributed by atoms with Gasteiger partial charge >= 0.3 is 0 Å². The van der Waals surface area contributed by atoms with E-state index in [1.165, 1.54) is 38.5 Å². The molecular formula is C30H62N10. The van der Waals surface area contributed by atoms with E-state index in [4.69, 9.17) is 20.8 Å². The second kappa shape index (κ2) is 20.4. The molecule has 0 unspecified atom stereocenters. The highest BCUT2D eigenvalue weighted by Crippen LogP contribution is 2.10. The molecule has 0 spiro atoms. The van der Waals surface area contributed by atoms with Gasteiger partial charge in [0.2, 0.25) is 23.8 Å². The standard InChI is InChI=1S/C30H62N10/c1-9-13-15-17-21-39(19-11-3)29(35(5)6)33-27(31)37-23-25-38(26-24-37)28(32)34-30(36(7)8)40(20-12-4)22-18-16-14-10-2/h31-32H,9-26H2,1-8H3. The van der Waals surface area contributed by atoms with Gasteiger partial charge in [-0.25, -0.2) is 0 Å². The predicted molar refractivity (Wildman–Crippen MR) is 173 cm³/mol. The summed E-state index contributed by atoms with van der Waals surface area (Å²) < 4.78 is 0. The Morgan fingerprint density at radius 3 is 1.15 bits per heavy atom. The number of piperazine rings is 1. The van der Waals surface area contributed by atoms with Crippen molar-refractivity contribution in [2.45, 2.75) is 91.9 Å². The minimum absolute atomic E-state index is 0.309. The average molecular weight is 563 g/mol. The van der Waals surface area contributed by atoms with Crippen LogP contribution in [0.1, 0.15) is 91.9 Å². The molecule has 0 atom stereocenters. The molecule has 1 rings (SSSR count). The smallest absolute Gasteiger partial charge is 0.221 e. The number of guanidine groups is 4. The summed E-state index contributed by atoms with van der Waals surface area (Å²) in [6.07, 6.45) is 11.9. The minimum Gasteiger partial charge on any atom is -0.349 e. The van der Waals surface area contributed by atoms with E-state index in [0.29, 0.717) is 38.1 Å². The minimum atomic E-state index is 0.309. The lowest BCUT2D eigenvalue weighted by Gasteiger charge is -2.37. The Balaban J connectivity index is 2.87. The second-order valence-corrected chi connectivity index (χ2v) is 11.3. The van der Waals surface area contributed by atoms with Gasteiger partial charge in [0.1, 0.15) is 0 Å². The molecular weight excluding hydrogens is 500 g/mol. The maximum atomic E-state index is 8.79. The molecule has 1 fully saturated rings. The van der Waals surface area contributed by atoms with Crippen LogP contribution in [0.25, 0.3) is 0 Å². The van der Waals surface area contributed by atoms with Gasteiger partial charge in [-0.15, -0.1) is 0 Å². The Hall–Kier alpha value is -2.52. The van der Waals surface area contributed by atoms with Crippen molar-refractivity contribution in [2.75, 3.05) is 80.5 Å². The largest absolute Gasteiger partial charge is 0.349 e. The van der Waals surface area contributed by atoms with Gasteiger partial charge in [0.05, 0.1) is 0 Å². The summed E-state index contributed by atoms with van der Waals surface area (Å²) in [6, 6.07) is 0. The molecule has 10 heteroatoms. The van der Waals surface area contributed by atoms with E-state index in [1.54, 1.807) is 0 Å². The van der Waals surface area contributed by atoms with E-state index in [0.717, 1.165) is 63.8 Å². The fourth-order valence-electron chi connectivity index (χ4n) is 4.99. The third kappa shape index (κ3) is 12.8. The van der Waals surface area contributed by atoms with Crippen molar-refractivity contribution in [1.82, 2.24) is 29.4 Å². The van der Waals surface area contributed by atoms with E-state index in [-0.39, 0.29) is 0 Å². The van der Waals surface area contributed by atoms with Crippen LogP contribution in [0.3, 0.4) is 0 Å². The average Bonchev–Trinajstić information content (AvgIpc) is 2.93. The number of aliphatic imine (C=N–C) groups is 2. The zero-order chi connectivity index (χ0) is 29.9. The van der Waals surface area contributed by atoms with Crippen LogP contribution in [0.2, 0.25) is 0 Å². The molecule has 10 nitrogen and oxygen atoms in total. The summed E-state index contributed by atoms with van der Waals surface area (Å²) in [5.74, 6) is 2.36. The van der Waals surface area contributed by atoms with Crippen molar-refractivity contribution in [3.8, 4) is 0 Å². The molecule has 0 radical (unpaired) electrons. The van der Waals surface area contributed by atoms with Crippen molar-refractivity contribution in [3.05, 3.63) is 0 Å². The molecule has 1 saturated heterocycles. The van der Waals surface area contributed by atoms with Crippen LogP contribution in [0.4, 0.5) is 0 Å². The second-order valence-electron chi connectivity index (χ2n) is 11.3. The van der Waals surface area contributed by atoms with Crippen LogP contribution < -0.4 is 0 Å². The predicted octanol–water partition coefficient (Wildman–Crippen LogP) is 4.89. The maximum absolute atomic E-state index is 8.79. The van der Waals surface area contributed by atoms with E-state index in [2.05, 4.69) is 37.5 Å². The molecule has 0 amide bonds. The number of nitrogens with one attached hydrogen (secondary N) is 2. The summed E-state index contributed by atoms with van der Waals surface area (Å²) in [4.78, 5) is 22.4. The first-order chi connectivity index (χ1) is 19.2. The SMILES string of the molecule is CCCCCCN(CCC)C(=NC(=N)N1CCN(C(=N)N=C(N(C)C)N(CCC)CCCCCC)CC1)N(C)C. The molecule has 1 aliphatic rings. The molecule has 0 bridgehead atoms. The van der Waals surface area contributed by atoms with E-state index in [9.17, 15) is 0 Å². The van der Waals surface area contributed by atoms with Crippen LogP contribution in [0.5, 0.6) is 0 Å². The number of nitrogens with zero attached hydrogens (tertiary/aromatic N) is 8. The van der Waals surface area contributed by atoms with Gasteiger partial charge in [0.15, 0.2) is 0 Å². The topological polar surface area (TPSA) is 91.9 Å². The Morgan fingerprint density at radius 2 is 0.875 bits per heavy atom. The zero-order valence-electron chi connectivity index (χ0n) is 27.3. The van der Waals surface area contributed by atoms with Crippen LogP contribution in [-0.2, 0) is 0 Å². The summed E-state index contributed by atoms with van der Waals surface area (Å²) >= 11 is 0. The highest BCUT2D eigenvalue weighted by molar-refractivity contribution is 5.94. The third-order valence-electron chi connectivity index (χ3n) is 7.21. The van der Waals surface area contributed by atoms with Gasteiger partial charge in [-0.1, -0.05) is 66.2 Å². The van der Waals surface area contributed by atoms with Crippen LogP contribution in [0, 0.1) is 10.8 Å². The molecule has 1 aliphatic heterocycles. The highest BCUT2D eigenvalue weighted by Gasteiger charge is 2.23. The molecule has 0 aromatic carbocycles. The summed E-state index contributed by atoms with van der Waals surface area (Å²) in [7, 11) is 8.08. The van der Waals surface area contributed by atoms with Gasteiger partial charge < -0.3 is 29.4 Å². The van der Waals surface area contributed by atoms with Crippen LogP contribution in [0.15, 0.2) is 9.98 Å². The van der Waals surface area contributed by atoms with Crippen molar-refractivity contribution < 1.29 is 0 Å². The Bertz CT molecular complexity index is 704. The quantitative estimate of drug-likeness (QED) is 0.178. The lowest BCUT2D eigenvalue weighted by Crippen LogP contribution is -2.51. The molecule has 0 saturated carbocycles. The third-order valence-corrected chi connectivity index (χ3v) is 7.21. The summed E-state index contributed by atoms with van der Waals surface area (Å²) in [5, 5.41) is 17.6. The Labute approximate surface area is 246 Å². The summed E-state index contributed by atoms with van der Waals surface area (Å²) in [5.41, 5.74) is 0. The van der Waals surface area contributed by atoms with E-state index in [1.807, 2.05) is 47.8 Å². The number of unbranched alkanes of at least 4 members (excludes halogenated alkanes) is 6. The molecule has 1 heterocycles. The number of rotatable bonds is 14. The molecule has 2 N–H and O–H groups in total. The van der Waals surface area contributed by atoms with Gasteiger partial charge in [0, 0.05) is 80.5 Å². The highest BCUT2D eigenvalue weighted by atomic mass is 15.4. The van der Waals surface area contributed by atoms with Crippen LogP contribution in [-0.4, -0.2) is 134 Å². The zero-order valence-corrected chi connectivity index (χ0v) is 27.3. The molecule has 0 aliphatic carbocycles. The molecule has 0 aromatic rings. The maximum Gasteiger partial charge on any atom is 0.221 e. The van der Waals surface area contributed by atoms with Gasteiger partial charge in [-0.3, -0.25) is 10.8 Å². The lowest BCUT2D eigenvalue weighted by atomic mass is 10.2. The van der Waals surface area contributed by atoms with Crippen molar-refractivity contribution >= 4 is 23.8 Å². The molecule has 0 aromatic heterocycles. The summed E-state index contributed by atoms with van der Waals surface area (Å²) in [6.45, 7) is 15.4. The molecule has 40 heavy (non-hydrogen) atoms. The number of hydrogen-bond donors (Lipinski definition) is 2. The van der Waals surface area contributed by atoms with Crippen molar-refractivity contribution in [1.29, 1.82) is 10.8 Å². The molecule has 232 valence electrons. The lowest BCUT2D eigenvalue weighted by molar-refractivity contribution is 0.252. The van der Waals surface area contributed by atoms with E-state index >= 15 is 0 Å². The van der Waals surface area contributed by atoms with E-state index < -0.39 is 0 Å². The number of hydrogen-bond acceptors (Lipinski definition) is 2. The first-order valence-corrected chi connectivity index (χ1v) is 15.9. The van der Waals surface area contributed by atoms with Gasteiger partial charge in [-0.2, -0.15) is 9.98 Å². The van der Waals surface area contributed by atoms with Crippen molar-refractivity contribution in [2.24, 2.45) is 9.98 Å². The monoisotopic (exact) mass is 563 g/mol. The Morgan fingerprint density at radius 1 is 0.525 bits per heavy atom. The fraction of sp³-hybridized carbons (Fsp3) is 0.867. The van der Waals surface area contributed by atoms with Crippen molar-refractivity contribution in [3.63, 3.8) is 0 Å².